The van der Waals surface area contributed by atoms with Crippen LogP contribution in [0, 0.1) is 17.2 Å². The third kappa shape index (κ3) is 4.19. The molecule has 1 aromatic heterocycles. The summed E-state index contributed by atoms with van der Waals surface area (Å²) in [6.45, 7) is 6.00. The molecule has 0 spiro atoms. The van der Waals surface area contributed by atoms with E-state index < -0.39 is 0 Å². The Balaban J connectivity index is 2.75. The lowest BCUT2D eigenvalue weighted by atomic mass is 10.2. The summed E-state index contributed by atoms with van der Waals surface area (Å²) in [6, 6.07) is 6.12. The number of halogens is 1. The summed E-state index contributed by atoms with van der Waals surface area (Å²) in [5.74, 6) is 1.50. The number of hydrogen-bond donors (Lipinski definition) is 0. The predicted octanol–water partition coefficient (Wildman–Crippen LogP) is 3.22. The number of hydrogen-bond acceptors (Lipinski definition) is 3. The second-order valence-electron chi connectivity index (χ2n) is 4.08. The molecule has 0 fully saturated rings. The molecule has 86 valence electrons. The van der Waals surface area contributed by atoms with Gasteiger partial charge in [-0.3, -0.25) is 0 Å². The van der Waals surface area contributed by atoms with Gasteiger partial charge < -0.3 is 4.90 Å². The summed E-state index contributed by atoms with van der Waals surface area (Å²) in [5.41, 5.74) is 0. The highest BCUT2D eigenvalue weighted by molar-refractivity contribution is 9.10. The van der Waals surface area contributed by atoms with Gasteiger partial charge in [-0.15, -0.1) is 0 Å². The van der Waals surface area contributed by atoms with Crippen LogP contribution in [0.25, 0.3) is 0 Å². The van der Waals surface area contributed by atoms with Crippen LogP contribution in [0.15, 0.2) is 22.8 Å². The van der Waals surface area contributed by atoms with Gasteiger partial charge in [-0.05, 0) is 34.0 Å². The van der Waals surface area contributed by atoms with E-state index in [2.05, 4.69) is 45.7 Å². The van der Waals surface area contributed by atoms with Gasteiger partial charge in [0.05, 0.1) is 12.5 Å². The monoisotopic (exact) mass is 281 g/mol. The molecule has 0 amide bonds. The average Bonchev–Trinajstić information content (AvgIpc) is 2.25. The third-order valence-corrected chi connectivity index (χ3v) is 2.58. The fraction of sp³-hybridized carbons (Fsp3) is 0.500. The zero-order valence-corrected chi connectivity index (χ0v) is 11.2. The van der Waals surface area contributed by atoms with Crippen molar-refractivity contribution in [3.05, 3.63) is 22.8 Å². The van der Waals surface area contributed by atoms with Crippen molar-refractivity contribution in [1.29, 1.82) is 5.26 Å². The van der Waals surface area contributed by atoms with Crippen LogP contribution in [0.1, 0.15) is 20.3 Å². The molecule has 3 nitrogen and oxygen atoms in total. The van der Waals surface area contributed by atoms with Crippen LogP contribution in [0.3, 0.4) is 0 Å². The molecule has 0 radical (unpaired) electrons. The van der Waals surface area contributed by atoms with Gasteiger partial charge in [0.2, 0.25) is 0 Å². The van der Waals surface area contributed by atoms with Gasteiger partial charge in [0.15, 0.2) is 0 Å². The number of pyridine rings is 1. The van der Waals surface area contributed by atoms with E-state index in [4.69, 9.17) is 5.26 Å². The van der Waals surface area contributed by atoms with Crippen molar-refractivity contribution in [2.24, 2.45) is 5.92 Å². The summed E-state index contributed by atoms with van der Waals surface area (Å²) >= 11 is 3.36. The Morgan fingerprint density at radius 3 is 2.75 bits per heavy atom. The Morgan fingerprint density at radius 1 is 1.50 bits per heavy atom. The lowest BCUT2D eigenvalue weighted by Crippen LogP contribution is -2.29. The van der Waals surface area contributed by atoms with E-state index >= 15 is 0 Å². The first-order chi connectivity index (χ1) is 7.63. The standard InChI is InChI=1S/C12H16BrN3/c1-10(2)9-16(7-3-6-14)12-5-4-11(13)8-15-12/h4-5,8,10H,3,7,9H2,1-2H3. The topological polar surface area (TPSA) is 39.9 Å². The number of nitriles is 1. The second kappa shape index (κ2) is 6.49. The molecule has 0 aliphatic heterocycles. The van der Waals surface area contributed by atoms with E-state index in [1.807, 2.05) is 12.1 Å². The van der Waals surface area contributed by atoms with Crippen molar-refractivity contribution in [2.75, 3.05) is 18.0 Å². The summed E-state index contributed by atoms with van der Waals surface area (Å²) in [4.78, 5) is 6.51. The Hall–Kier alpha value is -1.08. The number of rotatable bonds is 5. The van der Waals surface area contributed by atoms with Gasteiger partial charge in [-0.25, -0.2) is 4.98 Å². The van der Waals surface area contributed by atoms with Crippen molar-refractivity contribution < 1.29 is 0 Å². The molecule has 0 saturated heterocycles. The smallest absolute Gasteiger partial charge is 0.128 e. The number of aromatic nitrogens is 1. The Kier molecular flexibility index (Phi) is 5.27. The van der Waals surface area contributed by atoms with Gasteiger partial charge in [0.1, 0.15) is 5.82 Å². The zero-order valence-electron chi connectivity index (χ0n) is 9.65. The van der Waals surface area contributed by atoms with Crippen LogP contribution in [0.4, 0.5) is 5.82 Å². The van der Waals surface area contributed by atoms with E-state index in [1.165, 1.54) is 0 Å². The first-order valence-electron chi connectivity index (χ1n) is 5.37. The maximum Gasteiger partial charge on any atom is 0.128 e. The first kappa shape index (κ1) is 13.0. The minimum Gasteiger partial charge on any atom is -0.355 e. The highest BCUT2D eigenvalue weighted by Gasteiger charge is 2.09. The fourth-order valence-corrected chi connectivity index (χ4v) is 1.71. The Labute approximate surface area is 105 Å². The number of nitrogens with zero attached hydrogens (tertiary/aromatic N) is 3. The van der Waals surface area contributed by atoms with Crippen molar-refractivity contribution in [3.63, 3.8) is 0 Å². The minimum absolute atomic E-state index is 0.532. The molecule has 1 rings (SSSR count). The normalized spacial score (nSPS) is 10.2. The SMILES string of the molecule is CC(C)CN(CCC#N)c1ccc(Br)cn1. The largest absolute Gasteiger partial charge is 0.355 e. The molecular formula is C12H16BrN3. The third-order valence-electron chi connectivity index (χ3n) is 2.11. The van der Waals surface area contributed by atoms with Crippen LogP contribution < -0.4 is 4.90 Å². The molecule has 0 saturated carbocycles. The lowest BCUT2D eigenvalue weighted by Gasteiger charge is -2.24. The fourth-order valence-electron chi connectivity index (χ4n) is 1.48. The highest BCUT2D eigenvalue weighted by atomic mass is 79.9. The lowest BCUT2D eigenvalue weighted by molar-refractivity contribution is 0.608. The van der Waals surface area contributed by atoms with E-state index in [0.717, 1.165) is 23.4 Å². The van der Waals surface area contributed by atoms with Crippen molar-refractivity contribution >= 4 is 21.7 Å². The Bertz CT molecular complexity index is 354. The molecule has 0 aromatic carbocycles. The van der Waals surface area contributed by atoms with E-state index in [-0.39, 0.29) is 0 Å². The molecule has 0 bridgehead atoms. The van der Waals surface area contributed by atoms with Crippen LogP contribution in [-0.2, 0) is 0 Å². The summed E-state index contributed by atoms with van der Waals surface area (Å²) < 4.78 is 0.973. The number of anilines is 1. The average molecular weight is 282 g/mol. The van der Waals surface area contributed by atoms with Crippen molar-refractivity contribution in [2.45, 2.75) is 20.3 Å². The zero-order chi connectivity index (χ0) is 12.0. The maximum absolute atomic E-state index is 8.64. The molecule has 0 aliphatic carbocycles. The summed E-state index contributed by atoms with van der Waals surface area (Å²) in [7, 11) is 0. The molecular weight excluding hydrogens is 266 g/mol. The van der Waals surface area contributed by atoms with E-state index in [0.29, 0.717) is 12.3 Å². The maximum atomic E-state index is 8.64. The van der Waals surface area contributed by atoms with Crippen LogP contribution in [0.2, 0.25) is 0 Å². The molecule has 0 unspecified atom stereocenters. The van der Waals surface area contributed by atoms with Gasteiger partial charge in [-0.1, -0.05) is 13.8 Å². The first-order valence-corrected chi connectivity index (χ1v) is 6.16. The molecule has 1 aromatic rings. The summed E-state index contributed by atoms with van der Waals surface area (Å²) in [6.07, 6.45) is 2.32. The minimum atomic E-state index is 0.532. The van der Waals surface area contributed by atoms with Gasteiger partial charge in [0.25, 0.3) is 0 Å². The van der Waals surface area contributed by atoms with Crippen molar-refractivity contribution in [1.82, 2.24) is 4.98 Å². The molecule has 4 heteroatoms. The molecule has 16 heavy (non-hydrogen) atoms. The molecule has 0 aliphatic rings. The quantitative estimate of drug-likeness (QED) is 0.832. The van der Waals surface area contributed by atoms with Crippen LogP contribution >= 0.6 is 15.9 Å². The van der Waals surface area contributed by atoms with Crippen LogP contribution in [0.5, 0.6) is 0 Å². The van der Waals surface area contributed by atoms with Crippen LogP contribution in [-0.4, -0.2) is 18.1 Å². The van der Waals surface area contributed by atoms with Crippen molar-refractivity contribution in [3.8, 4) is 6.07 Å². The van der Waals surface area contributed by atoms with Gasteiger partial charge in [-0.2, -0.15) is 5.26 Å². The second-order valence-corrected chi connectivity index (χ2v) is 5.00. The van der Waals surface area contributed by atoms with E-state index in [1.54, 1.807) is 6.20 Å². The predicted molar refractivity (Wildman–Crippen MR) is 69.2 cm³/mol. The Morgan fingerprint density at radius 2 is 2.25 bits per heavy atom. The molecule has 0 atom stereocenters. The molecule has 0 N–H and O–H groups in total. The molecule has 1 heterocycles. The van der Waals surface area contributed by atoms with E-state index in [9.17, 15) is 0 Å². The van der Waals surface area contributed by atoms with Gasteiger partial charge in [0, 0.05) is 23.8 Å². The highest BCUT2D eigenvalue weighted by Crippen LogP contribution is 2.16. The van der Waals surface area contributed by atoms with Gasteiger partial charge >= 0.3 is 0 Å². The summed E-state index contributed by atoms with van der Waals surface area (Å²) in [5, 5.41) is 8.64.